The Kier molecular flexibility index (Phi) is 33.9. The topological polar surface area (TPSA) is 267 Å². The van der Waals surface area contributed by atoms with Gasteiger partial charge >= 0.3 is 250 Å². The van der Waals surface area contributed by atoms with E-state index in [2.05, 4.69) is 21.3 Å². The first kappa shape index (κ1) is 79.6. The van der Waals surface area contributed by atoms with E-state index in [4.69, 9.17) is 28.7 Å². The number of pyridine rings is 1. The predicted molar refractivity (Wildman–Crippen MR) is 359 cm³/mol. The summed E-state index contributed by atoms with van der Waals surface area (Å²) in [7, 11) is 0.392. The molecule has 0 spiro atoms. The monoisotopic (exact) mass is 1300 g/mol. The normalized spacial score (nSPS) is 12.8. The third-order valence-electron chi connectivity index (χ3n) is 14.4. The van der Waals surface area contributed by atoms with Gasteiger partial charge in [-0.15, -0.1) is 0 Å². The first-order chi connectivity index (χ1) is 43.0. The number of nitrogens with one attached hydrogen (secondary N) is 4. The summed E-state index contributed by atoms with van der Waals surface area (Å²) in [5, 5.41) is 12.5. The molecule has 2 aromatic carbocycles. The van der Waals surface area contributed by atoms with Gasteiger partial charge < -0.3 is 35.5 Å². The Bertz CT molecular complexity index is 2880. The number of aromatic nitrogens is 1. The molecule has 510 valence electrons. The number of hydrogen-bond donors (Lipinski definition) is 4. The number of methoxy groups -OCH3 is 1. The maximum Gasteiger partial charge on any atom is -0.0196 e. The van der Waals surface area contributed by atoms with Crippen molar-refractivity contribution in [2.24, 2.45) is 5.41 Å². The van der Waals surface area contributed by atoms with Crippen molar-refractivity contribution in [1.29, 1.82) is 0 Å². The van der Waals surface area contributed by atoms with Crippen LogP contribution in [0.3, 0.4) is 0 Å². The zero-order valence-corrected chi connectivity index (χ0v) is 58.9. The second kappa shape index (κ2) is 39.2. The largest absolute Gasteiger partial charge is 0.0519 e. The summed E-state index contributed by atoms with van der Waals surface area (Å²) in [5.74, 6) is -0.444. The number of aryl methyl sites for hydroxylation is 2. The Hall–Kier alpha value is -6.64. The molecule has 4 N–H and O–H groups in total. The van der Waals surface area contributed by atoms with Crippen molar-refractivity contribution < 1.29 is 66.7 Å². The number of urea groups is 1. The van der Waals surface area contributed by atoms with Crippen LogP contribution in [0.2, 0.25) is 0 Å². The van der Waals surface area contributed by atoms with Crippen LogP contribution in [-0.2, 0) is 85.0 Å². The molecule has 0 aliphatic heterocycles. The van der Waals surface area contributed by atoms with Gasteiger partial charge in [-0.2, -0.15) is 0 Å². The second-order valence-corrected chi connectivity index (χ2v) is 29.6. The second-order valence-electron chi connectivity index (χ2n) is 27.7. The van der Waals surface area contributed by atoms with Crippen LogP contribution in [0.25, 0.3) is 0 Å². The van der Waals surface area contributed by atoms with Crippen molar-refractivity contribution in [2.45, 2.75) is 229 Å². The van der Waals surface area contributed by atoms with Gasteiger partial charge in [-0.1, -0.05) is 45.4 Å². The van der Waals surface area contributed by atoms with Gasteiger partial charge in [0.25, 0.3) is 0 Å². The molecule has 3 atom stereocenters. The Morgan fingerprint density at radius 1 is 0.609 bits per heavy atom. The molecule has 23 heteroatoms. The van der Waals surface area contributed by atoms with E-state index in [0.717, 1.165) is 47.5 Å². The van der Waals surface area contributed by atoms with Crippen molar-refractivity contribution in [1.82, 2.24) is 36.1 Å². The quantitative estimate of drug-likeness (QED) is 0.0136. The van der Waals surface area contributed by atoms with Crippen LogP contribution in [0.4, 0.5) is 4.79 Å². The van der Waals surface area contributed by atoms with Gasteiger partial charge in [0.2, 0.25) is 11.8 Å². The number of nitrogens with zero attached hydrogens (tertiary/aromatic N) is 3. The molecule has 4 amide bonds. The van der Waals surface area contributed by atoms with Crippen LogP contribution in [0.5, 0.6) is 11.5 Å². The predicted octanol–water partition coefficient (Wildman–Crippen LogP) is 9.57. The van der Waals surface area contributed by atoms with Gasteiger partial charge in [-0.25, -0.2) is 9.59 Å². The maximum atomic E-state index is 13.5. The summed E-state index contributed by atoms with van der Waals surface area (Å²) in [5.41, 5.74) is 1.40. The standard InChI is InChI=1S/C69H107BN7O14P/c1-48(78)24-29-53-30-35-58(92(16)70-86)56(73-53)45-77(46-63(83)90-68(9,10)11)41-40-76(43-49(2)79)44-52-42-50(27-34-57(52)88-47-51-25-31-54(87-15)32-26-51)28-36-61(81)72-38-20-17-18-23-60(80)71-39-21-19-22-59(66(3,4)5)75-65(85)74-55(64(84)91-69(12,13)14)33-37-62(82)89-67(6,7)8/h25-27,30-32,34-35,42,55,59H,17-24,28-29,33,36-41,43-47H2,1-16H3,(H,71,80)(H,72,81)(H2,74,75,85)/t55-,59-,92?/m0/s1. The van der Waals surface area contributed by atoms with Gasteiger partial charge in [0.15, 0.2) is 0 Å². The molecule has 0 fully saturated rings. The van der Waals surface area contributed by atoms with E-state index in [1.807, 2.05) is 91.8 Å². The van der Waals surface area contributed by atoms with Crippen molar-refractivity contribution in [3.63, 3.8) is 0 Å². The molecule has 3 aromatic rings. The summed E-state index contributed by atoms with van der Waals surface area (Å²) in [6.45, 7) is 30.1. The fraction of sp³-hybridized carbons (Fsp3) is 0.638. The molecule has 0 aliphatic rings. The van der Waals surface area contributed by atoms with Gasteiger partial charge in [0, 0.05) is 38.4 Å². The number of ether oxygens (including phenoxy) is 5. The Morgan fingerprint density at radius 2 is 1.21 bits per heavy atom. The molecule has 0 bridgehead atoms. The minimum atomic E-state index is -1.21. The number of amides is 4. The van der Waals surface area contributed by atoms with Gasteiger partial charge in [0.05, 0.1) is 7.11 Å². The molecule has 0 saturated carbocycles. The van der Waals surface area contributed by atoms with E-state index < -0.39 is 54.6 Å². The van der Waals surface area contributed by atoms with Crippen molar-refractivity contribution in [3.8, 4) is 11.5 Å². The summed E-state index contributed by atoms with van der Waals surface area (Å²) >= 11 is 0. The molecule has 1 unspecified atom stereocenters. The third kappa shape index (κ3) is 34.3. The average molecular weight is 1300 g/mol. The van der Waals surface area contributed by atoms with Crippen LogP contribution < -0.4 is 36.0 Å². The Labute approximate surface area is 549 Å². The van der Waals surface area contributed by atoms with Crippen molar-refractivity contribution in [2.75, 3.05) is 53.0 Å². The third-order valence-corrected chi connectivity index (χ3v) is 15.8. The number of ketones is 2. The average Bonchev–Trinajstić information content (AvgIpc) is 1.02. The fourth-order valence-electron chi connectivity index (χ4n) is 9.75. The van der Waals surface area contributed by atoms with Gasteiger partial charge in [-0.3, -0.25) is 14.4 Å². The molecule has 0 radical (unpaired) electrons. The molecular weight excluding hydrogens is 1190 g/mol. The number of unbranched alkanes of at least 4 members (excludes halogenated alkanes) is 3. The summed E-state index contributed by atoms with van der Waals surface area (Å²) in [4.78, 5) is 112. The molecule has 0 aliphatic carbocycles. The first-order valence-corrected chi connectivity index (χ1v) is 34.1. The van der Waals surface area contributed by atoms with E-state index >= 15 is 0 Å². The molecule has 1 aromatic heterocycles. The minimum absolute atomic E-state index is 0.00801. The number of hydrogen-bond acceptors (Lipinski definition) is 17. The smallest absolute Gasteiger partial charge is 0.0196 e. The van der Waals surface area contributed by atoms with Crippen LogP contribution in [0, 0.1) is 5.41 Å². The Morgan fingerprint density at radius 3 is 1.79 bits per heavy atom. The molecule has 1 heterocycles. The fourth-order valence-corrected chi connectivity index (χ4v) is 10.7. The van der Waals surface area contributed by atoms with E-state index in [-0.39, 0.29) is 80.3 Å². The minimum Gasteiger partial charge on any atom is -0.0519 e. The Balaban J connectivity index is 1.60. The molecule has 3 rings (SSSR count). The molecule has 92 heavy (non-hydrogen) atoms. The van der Waals surface area contributed by atoms with Crippen LogP contribution in [0.1, 0.15) is 196 Å². The number of Topliss-reactive ketones (excluding diaryl/α,β-unsaturated/α-hetero) is 2. The van der Waals surface area contributed by atoms with E-state index in [1.165, 1.54) is 13.8 Å². The number of esters is 3. The summed E-state index contributed by atoms with van der Waals surface area (Å²) in [6, 6.07) is 15.3. The summed E-state index contributed by atoms with van der Waals surface area (Å²) < 4.78 is 40.7. The van der Waals surface area contributed by atoms with E-state index in [9.17, 15) is 43.1 Å². The number of benzene rings is 2. The van der Waals surface area contributed by atoms with Gasteiger partial charge in [0.1, 0.15) is 29.6 Å². The SMILES string of the molecule is COc1ccc(COc2ccc(CCC(=O)NCCCCCC(=O)NCCCC[C@H](NC(=O)N[C@@H](CCC(=O)OC(C)(C)C)C(=O)OC(C)(C)C)C(C)(C)C)cc2CN(CCN(CC(=O)OC(C)(C)C)Cc2nc(CCC(C)=O)ccc2P(C)B=O)CC(C)=O)cc1. The molecule has 21 nitrogen and oxygen atoms in total. The van der Waals surface area contributed by atoms with Crippen molar-refractivity contribution in [3.05, 3.63) is 82.7 Å². The van der Waals surface area contributed by atoms with Crippen LogP contribution >= 0.6 is 7.80 Å². The zero-order chi connectivity index (χ0) is 68.8. The molecular formula is C69H107BN7O14P. The van der Waals surface area contributed by atoms with Crippen molar-refractivity contribution >= 4 is 67.3 Å². The van der Waals surface area contributed by atoms with E-state index in [1.54, 1.807) is 69.4 Å². The number of carbonyl (C=O) groups is 8. The maximum absolute atomic E-state index is 13.5. The number of rotatable bonds is 40. The first-order valence-electron chi connectivity index (χ1n) is 32.3. The number of carbonyl (C=O) groups excluding carboxylic acids is 8. The van der Waals surface area contributed by atoms with Crippen LogP contribution in [0.15, 0.2) is 54.6 Å². The zero-order valence-electron chi connectivity index (χ0n) is 58.0. The van der Waals surface area contributed by atoms with Gasteiger partial charge in [-0.05, 0) is 110 Å². The summed E-state index contributed by atoms with van der Waals surface area (Å²) in [6.07, 6.45) is 5.82. The molecule has 0 saturated heterocycles. The van der Waals surface area contributed by atoms with E-state index in [0.29, 0.717) is 101 Å². The van der Waals surface area contributed by atoms with Crippen LogP contribution in [-0.4, -0.2) is 151 Å².